The first-order valence-corrected chi connectivity index (χ1v) is 9.07. The minimum Gasteiger partial charge on any atom is -0.493 e. The number of carbonyl (C=O) groups excluding carboxylic acids is 2. The van der Waals surface area contributed by atoms with Crippen LogP contribution in [0.25, 0.3) is 0 Å². The molecule has 3 rings (SSSR count). The van der Waals surface area contributed by atoms with Crippen molar-refractivity contribution < 1.29 is 27.8 Å². The molecule has 1 aromatic carbocycles. The molecule has 0 aliphatic carbocycles. The molecule has 0 fully saturated rings. The standard InChI is InChI=1S/C19H16ClF2N5O4/c1-30-15-3-4-23-14(17(15)31-2)8-24-19(29)13-7-16(27-26-13)25-18(28)9-5-11(21)12(22)6-10(9)20/h3-7H,8H2,1-2H3,(H,24,29)(H2,25,26,27,28). The van der Waals surface area contributed by atoms with Gasteiger partial charge in [-0.05, 0) is 12.1 Å². The Kier molecular flexibility index (Phi) is 6.65. The topological polar surface area (TPSA) is 118 Å². The van der Waals surface area contributed by atoms with Gasteiger partial charge in [0.1, 0.15) is 11.5 Å². The maximum absolute atomic E-state index is 13.4. The molecule has 2 amide bonds. The zero-order chi connectivity index (χ0) is 22.5. The third kappa shape index (κ3) is 4.89. The average molecular weight is 452 g/mol. The van der Waals surface area contributed by atoms with Crippen molar-refractivity contribution in [2.24, 2.45) is 0 Å². The van der Waals surface area contributed by atoms with Crippen LogP contribution in [0.5, 0.6) is 11.5 Å². The number of hydrogen-bond donors (Lipinski definition) is 3. The number of ether oxygens (including phenoxy) is 2. The van der Waals surface area contributed by atoms with Crippen LogP contribution in [0.1, 0.15) is 26.5 Å². The molecular formula is C19H16ClF2N5O4. The van der Waals surface area contributed by atoms with Gasteiger partial charge in [-0.3, -0.25) is 19.7 Å². The minimum absolute atomic E-state index is 0.0260. The van der Waals surface area contributed by atoms with E-state index >= 15 is 0 Å². The summed E-state index contributed by atoms with van der Waals surface area (Å²) in [4.78, 5) is 28.8. The summed E-state index contributed by atoms with van der Waals surface area (Å²) in [5, 5.41) is 11.0. The molecule has 2 aromatic heterocycles. The molecule has 0 aliphatic heterocycles. The van der Waals surface area contributed by atoms with E-state index in [1.165, 1.54) is 26.5 Å². The number of amides is 2. The van der Waals surface area contributed by atoms with Crippen molar-refractivity contribution in [1.29, 1.82) is 0 Å². The van der Waals surface area contributed by atoms with Crippen LogP contribution in [-0.4, -0.2) is 41.2 Å². The number of benzene rings is 1. The number of carbonyl (C=O) groups is 2. The predicted octanol–water partition coefficient (Wildman–Crippen LogP) is 2.94. The molecule has 31 heavy (non-hydrogen) atoms. The Morgan fingerprint density at radius 1 is 1.13 bits per heavy atom. The van der Waals surface area contributed by atoms with Crippen LogP contribution >= 0.6 is 11.6 Å². The maximum atomic E-state index is 13.4. The Morgan fingerprint density at radius 3 is 2.58 bits per heavy atom. The number of rotatable bonds is 7. The summed E-state index contributed by atoms with van der Waals surface area (Å²) in [5.41, 5.74) is 0.123. The van der Waals surface area contributed by atoms with Gasteiger partial charge in [-0.1, -0.05) is 11.6 Å². The van der Waals surface area contributed by atoms with E-state index in [1.54, 1.807) is 6.07 Å². The minimum atomic E-state index is -1.22. The van der Waals surface area contributed by atoms with Crippen LogP contribution in [0, 0.1) is 11.6 Å². The molecule has 3 aromatic rings. The molecular weight excluding hydrogens is 436 g/mol. The molecule has 0 aliphatic rings. The van der Waals surface area contributed by atoms with E-state index < -0.39 is 23.4 Å². The number of pyridine rings is 1. The highest BCUT2D eigenvalue weighted by Crippen LogP contribution is 2.28. The van der Waals surface area contributed by atoms with Crippen LogP contribution in [0.2, 0.25) is 5.02 Å². The van der Waals surface area contributed by atoms with E-state index in [1.807, 2.05) is 0 Å². The number of hydrogen-bond acceptors (Lipinski definition) is 6. The third-order valence-electron chi connectivity index (χ3n) is 4.10. The van der Waals surface area contributed by atoms with Gasteiger partial charge >= 0.3 is 0 Å². The molecule has 9 nitrogen and oxygen atoms in total. The SMILES string of the molecule is COc1ccnc(CNC(=O)c2cc(NC(=O)c3cc(F)c(F)cc3Cl)[nH]n2)c1OC. The van der Waals surface area contributed by atoms with Crippen molar-refractivity contribution >= 4 is 29.2 Å². The Hall–Kier alpha value is -3.73. The lowest BCUT2D eigenvalue weighted by atomic mass is 10.2. The molecule has 2 heterocycles. The van der Waals surface area contributed by atoms with Crippen LogP contribution in [0.15, 0.2) is 30.5 Å². The van der Waals surface area contributed by atoms with Crippen molar-refractivity contribution in [2.75, 3.05) is 19.5 Å². The third-order valence-corrected chi connectivity index (χ3v) is 4.41. The Bertz CT molecular complexity index is 1140. The van der Waals surface area contributed by atoms with E-state index in [-0.39, 0.29) is 28.6 Å². The van der Waals surface area contributed by atoms with E-state index in [9.17, 15) is 18.4 Å². The summed E-state index contributed by atoms with van der Waals surface area (Å²) in [5.74, 6) is -2.89. The smallest absolute Gasteiger partial charge is 0.272 e. The highest BCUT2D eigenvalue weighted by atomic mass is 35.5. The normalized spacial score (nSPS) is 10.5. The molecule has 0 saturated heterocycles. The average Bonchev–Trinajstić information content (AvgIpc) is 3.22. The number of aromatic nitrogens is 3. The zero-order valence-electron chi connectivity index (χ0n) is 16.3. The van der Waals surface area contributed by atoms with E-state index in [0.29, 0.717) is 29.3 Å². The molecule has 0 spiro atoms. The van der Waals surface area contributed by atoms with E-state index in [0.717, 1.165) is 0 Å². The Labute approximate surface area is 179 Å². The van der Waals surface area contributed by atoms with Gasteiger partial charge in [-0.15, -0.1) is 0 Å². The first-order valence-electron chi connectivity index (χ1n) is 8.69. The van der Waals surface area contributed by atoms with E-state index in [2.05, 4.69) is 25.8 Å². The van der Waals surface area contributed by atoms with Gasteiger partial charge in [0, 0.05) is 18.3 Å². The summed E-state index contributed by atoms with van der Waals surface area (Å²) in [6, 6.07) is 4.24. The number of halogens is 3. The molecule has 0 atom stereocenters. The Balaban J connectivity index is 1.66. The van der Waals surface area contributed by atoms with Crippen molar-refractivity contribution in [1.82, 2.24) is 20.5 Å². The quantitative estimate of drug-likeness (QED) is 0.475. The molecule has 0 radical (unpaired) electrons. The van der Waals surface area contributed by atoms with Crippen molar-refractivity contribution in [3.63, 3.8) is 0 Å². The number of aromatic amines is 1. The highest BCUT2D eigenvalue weighted by Gasteiger charge is 2.18. The Morgan fingerprint density at radius 2 is 1.87 bits per heavy atom. The van der Waals surface area contributed by atoms with Crippen LogP contribution < -0.4 is 20.1 Å². The molecule has 0 unspecified atom stereocenters. The van der Waals surface area contributed by atoms with Crippen LogP contribution in [0.3, 0.4) is 0 Å². The van der Waals surface area contributed by atoms with Crippen molar-refractivity contribution in [2.45, 2.75) is 6.54 Å². The largest absolute Gasteiger partial charge is 0.493 e. The second-order valence-electron chi connectivity index (χ2n) is 6.04. The first-order chi connectivity index (χ1) is 14.8. The number of H-pyrrole nitrogens is 1. The molecule has 162 valence electrons. The lowest BCUT2D eigenvalue weighted by Crippen LogP contribution is -2.24. The van der Waals surface area contributed by atoms with E-state index in [4.69, 9.17) is 21.1 Å². The molecule has 12 heteroatoms. The van der Waals surface area contributed by atoms with Crippen molar-refractivity contribution in [3.05, 3.63) is 64.1 Å². The highest BCUT2D eigenvalue weighted by molar-refractivity contribution is 6.34. The second-order valence-corrected chi connectivity index (χ2v) is 6.45. The monoisotopic (exact) mass is 451 g/mol. The molecule has 3 N–H and O–H groups in total. The summed E-state index contributed by atoms with van der Waals surface area (Å²) >= 11 is 5.78. The predicted molar refractivity (Wildman–Crippen MR) is 106 cm³/mol. The van der Waals surface area contributed by atoms with Gasteiger partial charge in [0.05, 0.1) is 31.4 Å². The lowest BCUT2D eigenvalue weighted by Gasteiger charge is -2.11. The van der Waals surface area contributed by atoms with Gasteiger partial charge in [-0.25, -0.2) is 8.78 Å². The molecule has 0 saturated carbocycles. The fraction of sp³-hybridized carbons (Fsp3) is 0.158. The first kappa shape index (κ1) is 22.0. The fourth-order valence-electron chi connectivity index (χ4n) is 2.62. The van der Waals surface area contributed by atoms with Gasteiger partial charge < -0.3 is 20.1 Å². The van der Waals surface area contributed by atoms with Crippen LogP contribution in [0.4, 0.5) is 14.6 Å². The summed E-state index contributed by atoms with van der Waals surface area (Å²) < 4.78 is 37.0. The zero-order valence-corrected chi connectivity index (χ0v) is 17.0. The summed E-state index contributed by atoms with van der Waals surface area (Å²) in [6.07, 6.45) is 1.51. The van der Waals surface area contributed by atoms with Crippen molar-refractivity contribution in [3.8, 4) is 11.5 Å². The maximum Gasteiger partial charge on any atom is 0.272 e. The number of nitrogens with one attached hydrogen (secondary N) is 3. The van der Waals surface area contributed by atoms with Gasteiger partial charge in [0.15, 0.2) is 28.8 Å². The number of anilines is 1. The van der Waals surface area contributed by atoms with Gasteiger partial charge in [0.2, 0.25) is 0 Å². The van der Waals surface area contributed by atoms with Crippen LogP contribution in [-0.2, 0) is 6.54 Å². The summed E-state index contributed by atoms with van der Waals surface area (Å²) in [7, 11) is 2.93. The number of methoxy groups -OCH3 is 2. The lowest BCUT2D eigenvalue weighted by molar-refractivity contribution is 0.0944. The second kappa shape index (κ2) is 9.39. The summed E-state index contributed by atoms with van der Waals surface area (Å²) in [6.45, 7) is 0.0260. The van der Waals surface area contributed by atoms with Gasteiger partial charge in [-0.2, -0.15) is 5.10 Å². The number of nitrogens with zero attached hydrogens (tertiary/aromatic N) is 2. The fourth-order valence-corrected chi connectivity index (χ4v) is 2.86. The molecule has 0 bridgehead atoms. The van der Waals surface area contributed by atoms with Gasteiger partial charge in [0.25, 0.3) is 11.8 Å².